The molecule has 11 heteroatoms. The van der Waals surface area contributed by atoms with E-state index in [4.69, 9.17) is 34.8 Å². The van der Waals surface area contributed by atoms with Gasteiger partial charge in [0.2, 0.25) is 23.6 Å². The third kappa shape index (κ3) is 4.22. The number of nitrogens with zero attached hydrogens (tertiary/aromatic N) is 2. The predicted octanol–water partition coefficient (Wildman–Crippen LogP) is 7.24. The van der Waals surface area contributed by atoms with E-state index < -0.39 is 58.5 Å². The predicted molar refractivity (Wildman–Crippen MR) is 168 cm³/mol. The summed E-state index contributed by atoms with van der Waals surface area (Å²) in [7, 11) is 0. The Labute approximate surface area is 273 Å². The molecule has 0 radical (unpaired) electrons. The van der Waals surface area contributed by atoms with Crippen LogP contribution in [0.4, 0.5) is 15.8 Å². The zero-order valence-corrected chi connectivity index (χ0v) is 26.3. The maximum atomic E-state index is 14.4. The van der Waals surface area contributed by atoms with Crippen LogP contribution >= 0.6 is 34.8 Å². The Morgan fingerprint density at radius 3 is 2.24 bits per heavy atom. The average Bonchev–Trinajstić information content (AvgIpc) is 3.37. The molecule has 2 saturated heterocycles. The lowest BCUT2D eigenvalue weighted by atomic mass is 9.51. The summed E-state index contributed by atoms with van der Waals surface area (Å²) in [5.41, 5.74) is 0.901. The third-order valence-electron chi connectivity index (χ3n) is 10.2. The molecule has 0 aromatic heterocycles. The van der Waals surface area contributed by atoms with Crippen LogP contribution in [-0.4, -0.2) is 28.7 Å². The van der Waals surface area contributed by atoms with Crippen LogP contribution in [0, 0.1) is 41.8 Å². The summed E-state index contributed by atoms with van der Waals surface area (Å²) in [6.45, 7) is 3.50. The van der Waals surface area contributed by atoms with Crippen molar-refractivity contribution in [1.82, 2.24) is 0 Å². The molecule has 1 saturated carbocycles. The molecule has 4 amide bonds. The van der Waals surface area contributed by atoms with E-state index in [0.29, 0.717) is 26.9 Å². The number of benzene rings is 3. The number of aromatic hydroxyl groups is 1. The second-order valence-electron chi connectivity index (χ2n) is 12.4. The van der Waals surface area contributed by atoms with Crippen molar-refractivity contribution in [2.75, 3.05) is 9.80 Å². The molecule has 1 N–H and O–H groups in total. The quantitative estimate of drug-likeness (QED) is 0.235. The largest absolute Gasteiger partial charge is 0.508 e. The minimum atomic E-state index is -1.41. The summed E-state index contributed by atoms with van der Waals surface area (Å²) in [6, 6.07) is 13.2. The van der Waals surface area contributed by atoms with Gasteiger partial charge in [-0.2, -0.15) is 0 Å². The second-order valence-corrected chi connectivity index (χ2v) is 13.7. The number of carbonyl (C=O) groups is 4. The van der Waals surface area contributed by atoms with Crippen molar-refractivity contribution in [2.24, 2.45) is 29.1 Å². The number of allylic oxidation sites excluding steroid dienone is 2. The third-order valence-corrected chi connectivity index (χ3v) is 11.1. The molecule has 3 aromatic carbocycles. The number of carbonyl (C=O) groups excluding carboxylic acids is 4. The van der Waals surface area contributed by atoms with Crippen LogP contribution < -0.4 is 9.80 Å². The Kier molecular flexibility index (Phi) is 6.93. The highest BCUT2D eigenvalue weighted by molar-refractivity contribution is 6.33. The van der Waals surface area contributed by atoms with Crippen LogP contribution in [0.25, 0.3) is 0 Å². The van der Waals surface area contributed by atoms with E-state index in [1.165, 1.54) is 29.2 Å². The van der Waals surface area contributed by atoms with Crippen molar-refractivity contribution in [1.29, 1.82) is 0 Å². The number of amides is 4. The van der Waals surface area contributed by atoms with Crippen LogP contribution in [0.2, 0.25) is 15.1 Å². The van der Waals surface area contributed by atoms with Gasteiger partial charge in [-0.05, 0) is 86.7 Å². The van der Waals surface area contributed by atoms with Crippen LogP contribution in [0.3, 0.4) is 0 Å². The Morgan fingerprint density at radius 1 is 0.844 bits per heavy atom. The van der Waals surface area contributed by atoms with E-state index in [0.717, 1.165) is 16.5 Å². The number of halogens is 4. The maximum Gasteiger partial charge on any atom is 0.241 e. The van der Waals surface area contributed by atoms with Gasteiger partial charge in [0.15, 0.2) is 0 Å². The van der Waals surface area contributed by atoms with Gasteiger partial charge in [0, 0.05) is 21.5 Å². The molecule has 45 heavy (non-hydrogen) atoms. The second kappa shape index (κ2) is 10.4. The molecule has 2 aliphatic heterocycles. The number of hydrogen-bond acceptors (Lipinski definition) is 5. The Bertz CT molecular complexity index is 1900. The van der Waals surface area contributed by atoms with Crippen molar-refractivity contribution in [2.45, 2.75) is 32.6 Å². The number of hydrogen-bond donors (Lipinski definition) is 1. The Balaban J connectivity index is 1.38. The molecule has 3 aromatic rings. The van der Waals surface area contributed by atoms with E-state index in [2.05, 4.69) is 0 Å². The molecule has 7 nitrogen and oxygen atoms in total. The monoisotopic (exact) mass is 666 g/mol. The van der Waals surface area contributed by atoms with E-state index >= 15 is 0 Å². The molecule has 4 aliphatic rings. The fourth-order valence-electron chi connectivity index (χ4n) is 7.96. The molecule has 6 atom stereocenters. The summed E-state index contributed by atoms with van der Waals surface area (Å²) in [5, 5.41) is 11.6. The van der Waals surface area contributed by atoms with Gasteiger partial charge in [0.25, 0.3) is 0 Å². The summed E-state index contributed by atoms with van der Waals surface area (Å²) in [4.78, 5) is 58.8. The van der Waals surface area contributed by atoms with Crippen molar-refractivity contribution >= 4 is 69.8 Å². The molecular formula is C34H26Cl3FN2O5. The van der Waals surface area contributed by atoms with Gasteiger partial charge in [0.1, 0.15) is 11.6 Å². The SMILES string of the molecule is Cc1ccc(N2C(=O)C3CC=C4C(CC5C(=O)N(c6ccc(F)c(Cl)c6)C(=O)C5(C)C4c4cc(Cl)ccc4O)C3C2=O)cc1Cl. The molecule has 6 unspecified atom stereocenters. The fraction of sp³-hybridized carbons (Fsp3) is 0.294. The molecule has 230 valence electrons. The van der Waals surface area contributed by atoms with E-state index in [1.807, 2.05) is 13.0 Å². The van der Waals surface area contributed by atoms with Gasteiger partial charge < -0.3 is 5.11 Å². The standard InChI is InChI=1S/C34H26Cl3FN2O5/c1-15-3-5-17(12-24(15)36)39-30(42)20-8-7-19-21(28(20)32(39)44)14-23-31(43)40(18-6-9-26(38)25(37)13-18)33(45)34(23,2)29(19)22-11-16(35)4-10-27(22)41/h3-7,9-13,20-21,23,28-29,41H,8,14H2,1-2H3. The molecule has 3 fully saturated rings. The number of anilines is 2. The van der Waals surface area contributed by atoms with Crippen LogP contribution in [0.1, 0.15) is 36.8 Å². The summed E-state index contributed by atoms with van der Waals surface area (Å²) in [5.74, 6) is -6.53. The topological polar surface area (TPSA) is 95.0 Å². The lowest BCUT2D eigenvalue weighted by molar-refractivity contribution is -0.131. The minimum Gasteiger partial charge on any atom is -0.508 e. The average molecular weight is 668 g/mol. The van der Waals surface area contributed by atoms with Crippen molar-refractivity contribution in [3.05, 3.63) is 98.3 Å². The van der Waals surface area contributed by atoms with Gasteiger partial charge >= 0.3 is 0 Å². The first-order valence-electron chi connectivity index (χ1n) is 14.5. The molecule has 0 bridgehead atoms. The van der Waals surface area contributed by atoms with Gasteiger partial charge in [-0.15, -0.1) is 0 Å². The number of fused-ring (bicyclic) bond motifs is 4. The molecular weight excluding hydrogens is 642 g/mol. The Hall–Kier alpha value is -3.72. The van der Waals surface area contributed by atoms with Gasteiger partial charge in [-0.3, -0.25) is 19.2 Å². The summed E-state index contributed by atoms with van der Waals surface area (Å²) >= 11 is 18.8. The van der Waals surface area contributed by atoms with Crippen LogP contribution in [-0.2, 0) is 19.2 Å². The highest BCUT2D eigenvalue weighted by atomic mass is 35.5. The first kappa shape index (κ1) is 30.0. The lowest BCUT2D eigenvalue weighted by Gasteiger charge is -2.49. The van der Waals surface area contributed by atoms with Crippen LogP contribution in [0.5, 0.6) is 5.75 Å². The number of imide groups is 2. The maximum absolute atomic E-state index is 14.4. The molecule has 7 rings (SSSR count). The van der Waals surface area contributed by atoms with Crippen molar-refractivity contribution in [3.63, 3.8) is 0 Å². The number of aryl methyl sites for hydroxylation is 1. The first-order valence-corrected chi connectivity index (χ1v) is 15.6. The van der Waals surface area contributed by atoms with E-state index in [-0.39, 0.29) is 35.2 Å². The molecule has 2 aliphatic carbocycles. The van der Waals surface area contributed by atoms with Gasteiger partial charge in [0.05, 0.1) is 39.6 Å². The minimum absolute atomic E-state index is 0.110. The highest BCUT2D eigenvalue weighted by Crippen LogP contribution is 2.64. The number of phenols is 1. The summed E-state index contributed by atoms with van der Waals surface area (Å²) < 4.78 is 14.1. The number of rotatable bonds is 3. The normalized spacial score (nSPS) is 29.1. The van der Waals surface area contributed by atoms with Gasteiger partial charge in [-0.25, -0.2) is 14.2 Å². The zero-order chi connectivity index (χ0) is 32.1. The van der Waals surface area contributed by atoms with Crippen LogP contribution in [0.15, 0.2) is 66.2 Å². The van der Waals surface area contributed by atoms with E-state index in [9.17, 15) is 28.7 Å². The van der Waals surface area contributed by atoms with Crippen molar-refractivity contribution < 1.29 is 28.7 Å². The van der Waals surface area contributed by atoms with E-state index in [1.54, 1.807) is 31.2 Å². The summed E-state index contributed by atoms with van der Waals surface area (Å²) in [6.07, 6.45) is 2.22. The lowest BCUT2D eigenvalue weighted by Crippen LogP contribution is -2.48. The molecule has 2 heterocycles. The molecule has 0 spiro atoms. The Morgan fingerprint density at radius 2 is 1.53 bits per heavy atom. The van der Waals surface area contributed by atoms with Gasteiger partial charge in [-0.1, -0.05) is 52.5 Å². The first-order chi connectivity index (χ1) is 21.3. The highest BCUT2D eigenvalue weighted by Gasteiger charge is 2.68. The fourth-order valence-corrected chi connectivity index (χ4v) is 8.49. The number of phenolic OH excluding ortho intramolecular Hbond substituents is 1. The zero-order valence-electron chi connectivity index (χ0n) is 24.1. The smallest absolute Gasteiger partial charge is 0.241 e. The van der Waals surface area contributed by atoms with Crippen molar-refractivity contribution in [3.8, 4) is 5.75 Å².